The number of carboxylic acids is 2. The Hall–Kier alpha value is -6.68. The van der Waals surface area contributed by atoms with Crippen LogP contribution in [0, 0.1) is 11.8 Å². The molecule has 4 aliphatic rings. The number of fused-ring (bicyclic) bond motifs is 2. The van der Waals surface area contributed by atoms with E-state index in [0.717, 1.165) is 67.5 Å². The molecular formula is C59H64ClF3N6O6. The highest BCUT2D eigenvalue weighted by atomic mass is 35.5. The Morgan fingerprint density at radius 1 is 0.547 bits per heavy atom. The lowest BCUT2D eigenvalue weighted by molar-refractivity contribution is -0.148. The average Bonchev–Trinajstić information content (AvgIpc) is 4.07. The zero-order valence-electron chi connectivity index (χ0n) is 41.8. The number of carbonyl (C=O) groups is 4. The van der Waals surface area contributed by atoms with Crippen LogP contribution in [0.15, 0.2) is 122 Å². The fourth-order valence-corrected chi connectivity index (χ4v) is 12.1. The summed E-state index contributed by atoms with van der Waals surface area (Å²) in [6.45, 7) is 5.00. The molecule has 16 heteroatoms. The van der Waals surface area contributed by atoms with Crippen molar-refractivity contribution in [2.75, 3.05) is 52.4 Å². The molecule has 4 aliphatic heterocycles. The Labute approximate surface area is 439 Å². The largest absolute Gasteiger partial charge is 0.480 e. The molecule has 0 bridgehead atoms. The lowest BCUT2D eigenvalue weighted by Gasteiger charge is -2.41. The minimum atomic E-state index is -4.44. The maximum atomic E-state index is 12.9. The molecule has 2 aromatic heterocycles. The predicted octanol–water partition coefficient (Wildman–Crippen LogP) is 11.2. The molecule has 2 unspecified atom stereocenters. The van der Waals surface area contributed by atoms with Crippen LogP contribution in [0.4, 0.5) is 13.2 Å². The number of piperidine rings is 4. The van der Waals surface area contributed by atoms with Gasteiger partial charge in [-0.3, -0.25) is 29.0 Å². The molecule has 4 N–H and O–H groups in total. The van der Waals surface area contributed by atoms with Crippen LogP contribution in [0.1, 0.15) is 91.0 Å². The summed E-state index contributed by atoms with van der Waals surface area (Å²) >= 11 is 5.92. The minimum Gasteiger partial charge on any atom is -0.480 e. The van der Waals surface area contributed by atoms with Crippen LogP contribution >= 0.6 is 11.6 Å². The minimum absolute atomic E-state index is 0.0326. The van der Waals surface area contributed by atoms with Crippen molar-refractivity contribution < 1.29 is 42.6 Å². The average molecular weight is 1050 g/mol. The molecule has 4 fully saturated rings. The van der Waals surface area contributed by atoms with Gasteiger partial charge in [-0.2, -0.15) is 13.2 Å². The number of nitrogens with one attached hydrogen (secondary N) is 2. The van der Waals surface area contributed by atoms with Crippen LogP contribution in [0.3, 0.4) is 0 Å². The maximum absolute atomic E-state index is 12.9. The van der Waals surface area contributed by atoms with Gasteiger partial charge in [-0.05, 0) is 172 Å². The van der Waals surface area contributed by atoms with E-state index in [0.29, 0.717) is 87.4 Å². The van der Waals surface area contributed by atoms with Crippen LogP contribution in [-0.4, -0.2) is 128 Å². The number of alkyl halides is 3. The number of hydrogen-bond donors (Lipinski definition) is 4. The molecular weight excluding hydrogens is 981 g/mol. The van der Waals surface area contributed by atoms with E-state index in [1.807, 2.05) is 35.2 Å². The lowest BCUT2D eigenvalue weighted by atomic mass is 9.84. The molecule has 0 aliphatic carbocycles. The van der Waals surface area contributed by atoms with E-state index >= 15 is 0 Å². The molecule has 6 aromatic rings. The van der Waals surface area contributed by atoms with Crippen molar-refractivity contribution >= 4 is 69.3 Å². The van der Waals surface area contributed by atoms with E-state index in [9.17, 15) is 42.6 Å². The SMILES string of the molecule is O=C(O)C(C1CCN(C(=O)/C=C/c2ccc(Cl)cc2)CC1)N1CCC(c2c[nH]c3ccccc23)CC1.O=C(O)C(C1CCN(C(=O)/C=C/c2cccc(C(F)(F)F)c2)CC1)N1CCC(c2c[nH]c3ccccc23)CC1. The van der Waals surface area contributed by atoms with Gasteiger partial charge >= 0.3 is 18.1 Å². The van der Waals surface area contributed by atoms with Gasteiger partial charge in [-0.1, -0.05) is 72.3 Å². The number of H-pyrrole nitrogens is 2. The van der Waals surface area contributed by atoms with Gasteiger partial charge in [-0.25, -0.2) is 0 Å². The number of carbonyl (C=O) groups excluding carboxylic acids is 2. The first-order valence-corrected chi connectivity index (χ1v) is 26.5. The second-order valence-electron chi connectivity index (χ2n) is 20.4. The van der Waals surface area contributed by atoms with Crippen molar-refractivity contribution in [1.29, 1.82) is 0 Å². The summed E-state index contributed by atoms with van der Waals surface area (Å²) in [7, 11) is 0. The standard InChI is InChI=1S/C30H32F3N3O3.C29H32ClN3O3/c31-30(32,33)23-5-3-4-20(18-23)8-9-27(37)35-14-12-22(13-15-35)28(29(38)39)36-16-10-21(11-17-36)25-19-34-26-7-2-1-6-24(25)26;30-23-8-5-20(6-9-23)7-10-27(34)32-15-13-22(14-16-32)28(29(35)36)33-17-11-21(12-18-33)25-19-31-26-4-2-1-3-24(25)26/h1-9,18-19,21-22,28,34H,10-17H2,(H,38,39);1-10,19,21-22,28,31H,11-18H2,(H,35,36)/b9-8+;10-7+. The number of carboxylic acid groups (broad SMARTS) is 2. The number of rotatable bonds is 12. The van der Waals surface area contributed by atoms with Gasteiger partial charge in [0, 0.05) is 77.6 Å². The smallest absolute Gasteiger partial charge is 0.416 e. The number of aliphatic carboxylic acids is 2. The fourth-order valence-electron chi connectivity index (χ4n) is 12.0. The molecule has 0 radical (unpaired) electrons. The van der Waals surface area contributed by atoms with Crippen molar-refractivity contribution in [3.05, 3.63) is 154 Å². The third-order valence-electron chi connectivity index (χ3n) is 16.0. The Kier molecular flexibility index (Phi) is 16.9. The normalized spacial score (nSPS) is 19.1. The highest BCUT2D eigenvalue weighted by molar-refractivity contribution is 6.30. The Bertz CT molecular complexity index is 2990. The molecule has 394 valence electrons. The molecule has 0 spiro atoms. The predicted molar refractivity (Wildman–Crippen MR) is 286 cm³/mol. The third kappa shape index (κ3) is 12.9. The van der Waals surface area contributed by atoms with Crippen LogP contribution < -0.4 is 0 Å². The van der Waals surface area contributed by atoms with Gasteiger partial charge in [0.25, 0.3) is 0 Å². The van der Waals surface area contributed by atoms with E-state index < -0.39 is 35.8 Å². The summed E-state index contributed by atoms with van der Waals surface area (Å²) in [4.78, 5) is 64.5. The van der Waals surface area contributed by atoms with Crippen molar-refractivity contribution in [1.82, 2.24) is 29.6 Å². The summed E-state index contributed by atoms with van der Waals surface area (Å²) in [6, 6.07) is 27.7. The number of halogens is 4. The maximum Gasteiger partial charge on any atom is 0.416 e. The lowest BCUT2D eigenvalue weighted by Crippen LogP contribution is -2.52. The molecule has 2 amide bonds. The van der Waals surface area contributed by atoms with Crippen LogP contribution in [0.2, 0.25) is 5.02 Å². The van der Waals surface area contributed by atoms with E-state index in [2.05, 4.69) is 62.5 Å². The van der Waals surface area contributed by atoms with Gasteiger partial charge < -0.3 is 30.0 Å². The Balaban J connectivity index is 0.000000184. The summed E-state index contributed by atoms with van der Waals surface area (Å²) in [5, 5.41) is 23.4. The van der Waals surface area contributed by atoms with Crippen LogP contribution in [-0.2, 0) is 25.4 Å². The number of nitrogens with zero attached hydrogens (tertiary/aromatic N) is 4. The summed E-state index contributed by atoms with van der Waals surface area (Å²) in [6.07, 6.45) is 12.1. The number of hydrogen-bond acceptors (Lipinski definition) is 6. The van der Waals surface area contributed by atoms with Crippen molar-refractivity contribution in [2.24, 2.45) is 11.8 Å². The van der Waals surface area contributed by atoms with Crippen LogP contribution in [0.25, 0.3) is 34.0 Å². The molecule has 10 rings (SSSR count). The first-order chi connectivity index (χ1) is 36.2. The molecule has 6 heterocycles. The van der Waals surface area contributed by atoms with E-state index in [1.165, 1.54) is 46.2 Å². The highest BCUT2D eigenvalue weighted by Gasteiger charge is 2.40. The zero-order valence-corrected chi connectivity index (χ0v) is 42.6. The van der Waals surface area contributed by atoms with Crippen molar-refractivity contribution in [3.8, 4) is 0 Å². The van der Waals surface area contributed by atoms with Gasteiger partial charge in [0.15, 0.2) is 0 Å². The number of aromatic nitrogens is 2. The number of amides is 2. The summed E-state index contributed by atoms with van der Waals surface area (Å²) < 4.78 is 38.8. The number of benzene rings is 4. The third-order valence-corrected chi connectivity index (χ3v) is 16.2. The second kappa shape index (κ2) is 23.9. The quantitative estimate of drug-likeness (QED) is 0.0884. The Morgan fingerprint density at radius 2 is 0.973 bits per heavy atom. The number of aromatic amines is 2. The highest BCUT2D eigenvalue weighted by Crippen LogP contribution is 2.38. The molecule has 4 saturated heterocycles. The monoisotopic (exact) mass is 1040 g/mol. The van der Waals surface area contributed by atoms with Crippen LogP contribution in [0.5, 0.6) is 0 Å². The van der Waals surface area contributed by atoms with Crippen molar-refractivity contribution in [2.45, 2.75) is 81.5 Å². The Morgan fingerprint density at radius 3 is 1.40 bits per heavy atom. The first kappa shape index (κ1) is 53.2. The first-order valence-electron chi connectivity index (χ1n) is 26.1. The van der Waals surface area contributed by atoms with Crippen molar-refractivity contribution in [3.63, 3.8) is 0 Å². The summed E-state index contributed by atoms with van der Waals surface area (Å²) in [5.41, 5.74) is 5.37. The molecule has 2 atom stereocenters. The fraction of sp³-hybridized carbons (Fsp3) is 0.390. The van der Waals surface area contributed by atoms with E-state index in [1.54, 1.807) is 29.2 Å². The number of likely N-dealkylation sites (tertiary alicyclic amines) is 4. The van der Waals surface area contributed by atoms with Gasteiger partial charge in [-0.15, -0.1) is 0 Å². The topological polar surface area (TPSA) is 153 Å². The van der Waals surface area contributed by atoms with Gasteiger partial charge in [0.2, 0.25) is 11.8 Å². The molecule has 4 aromatic carbocycles. The van der Waals surface area contributed by atoms with Gasteiger partial charge in [0.1, 0.15) is 12.1 Å². The molecule has 0 saturated carbocycles. The molecule has 12 nitrogen and oxygen atoms in total. The van der Waals surface area contributed by atoms with Gasteiger partial charge in [0.05, 0.1) is 5.56 Å². The summed E-state index contributed by atoms with van der Waals surface area (Å²) in [5.74, 6) is -1.07. The molecule has 75 heavy (non-hydrogen) atoms. The van der Waals surface area contributed by atoms with E-state index in [4.69, 9.17) is 11.6 Å². The van der Waals surface area contributed by atoms with E-state index in [-0.39, 0.29) is 23.7 Å². The second-order valence-corrected chi connectivity index (χ2v) is 20.9. The zero-order chi connectivity index (χ0) is 52.6. The number of para-hydroxylation sites is 2.